The Balaban J connectivity index is 2.12. The highest BCUT2D eigenvalue weighted by molar-refractivity contribution is 7.86. The van der Waals surface area contributed by atoms with Crippen LogP contribution in [-0.4, -0.2) is 33.5 Å². The average Bonchev–Trinajstić information content (AvgIpc) is 2.11. The minimum atomic E-state index is -3.28. The smallest absolute Gasteiger partial charge is 0.267 e. The first-order chi connectivity index (χ1) is 7.72. The van der Waals surface area contributed by atoms with E-state index in [1.807, 2.05) is 20.8 Å². The molecule has 0 N–H and O–H groups in total. The Bertz CT molecular complexity index is 323. The lowest BCUT2D eigenvalue weighted by atomic mass is 9.74. The molecule has 1 aliphatic rings. The van der Waals surface area contributed by atoms with Crippen LogP contribution in [0.3, 0.4) is 0 Å². The van der Waals surface area contributed by atoms with Crippen LogP contribution in [0.5, 0.6) is 0 Å². The maximum absolute atomic E-state index is 11.2. The van der Waals surface area contributed by atoms with Crippen LogP contribution in [0.1, 0.15) is 40.0 Å². The zero-order chi connectivity index (χ0) is 13.1. The second kappa shape index (κ2) is 5.67. The summed E-state index contributed by atoms with van der Waals surface area (Å²) in [6, 6.07) is 0. The predicted octanol–water partition coefficient (Wildman–Crippen LogP) is 2.19. The third-order valence-corrected chi connectivity index (χ3v) is 4.48. The van der Waals surface area contributed by atoms with Crippen LogP contribution in [0, 0.1) is 11.8 Å². The molecule has 0 atom stereocenters. The summed E-state index contributed by atoms with van der Waals surface area (Å²) >= 11 is 0. The Labute approximate surface area is 105 Å². The van der Waals surface area contributed by atoms with Gasteiger partial charge in [0.25, 0.3) is 10.1 Å². The van der Waals surface area contributed by atoms with Gasteiger partial charge in [-0.2, -0.15) is 8.42 Å². The van der Waals surface area contributed by atoms with Gasteiger partial charge in [0, 0.05) is 6.61 Å². The van der Waals surface area contributed by atoms with Gasteiger partial charge in [0.2, 0.25) is 0 Å². The van der Waals surface area contributed by atoms with Gasteiger partial charge < -0.3 is 4.74 Å². The molecule has 102 valence electrons. The van der Waals surface area contributed by atoms with Crippen molar-refractivity contribution in [2.45, 2.75) is 45.6 Å². The molecule has 0 aliphatic heterocycles. The molecule has 0 spiro atoms. The maximum Gasteiger partial charge on any atom is 0.267 e. The Morgan fingerprint density at radius 3 is 2.24 bits per heavy atom. The van der Waals surface area contributed by atoms with E-state index >= 15 is 0 Å². The Morgan fingerprint density at radius 1 is 1.18 bits per heavy atom. The fourth-order valence-corrected chi connectivity index (χ4v) is 3.12. The molecule has 0 aromatic carbocycles. The van der Waals surface area contributed by atoms with E-state index in [-0.39, 0.29) is 17.3 Å². The van der Waals surface area contributed by atoms with Gasteiger partial charge >= 0.3 is 0 Å². The summed E-state index contributed by atoms with van der Waals surface area (Å²) < 4.78 is 32.5. The Morgan fingerprint density at radius 2 is 1.76 bits per heavy atom. The minimum absolute atomic E-state index is 0.0808. The molecule has 17 heavy (non-hydrogen) atoms. The number of ether oxygens (including phenoxy) is 1. The quantitative estimate of drug-likeness (QED) is 0.690. The van der Waals surface area contributed by atoms with Crippen molar-refractivity contribution < 1.29 is 17.3 Å². The second-order valence-corrected chi connectivity index (χ2v) is 7.63. The number of hydrogen-bond donors (Lipinski definition) is 0. The van der Waals surface area contributed by atoms with Crippen LogP contribution in [-0.2, 0) is 19.0 Å². The van der Waals surface area contributed by atoms with E-state index in [4.69, 9.17) is 4.74 Å². The summed E-state index contributed by atoms with van der Waals surface area (Å²) in [5.74, 6) is 1.06. The van der Waals surface area contributed by atoms with Crippen LogP contribution in [0.25, 0.3) is 0 Å². The predicted molar refractivity (Wildman–Crippen MR) is 67.3 cm³/mol. The van der Waals surface area contributed by atoms with Gasteiger partial charge in [0.05, 0.1) is 18.5 Å². The lowest BCUT2D eigenvalue weighted by molar-refractivity contribution is -0.0165. The van der Waals surface area contributed by atoms with Crippen molar-refractivity contribution in [3.63, 3.8) is 0 Å². The van der Waals surface area contributed by atoms with Crippen molar-refractivity contribution in [3.8, 4) is 0 Å². The first-order valence-corrected chi connectivity index (χ1v) is 7.72. The number of rotatable bonds is 6. The van der Waals surface area contributed by atoms with Gasteiger partial charge in [0.1, 0.15) is 0 Å². The highest BCUT2D eigenvalue weighted by Crippen LogP contribution is 2.37. The lowest BCUT2D eigenvalue weighted by Crippen LogP contribution is -2.31. The van der Waals surface area contributed by atoms with Crippen molar-refractivity contribution in [3.05, 3.63) is 0 Å². The van der Waals surface area contributed by atoms with E-state index in [1.54, 1.807) is 0 Å². The average molecular weight is 264 g/mol. The Hall–Kier alpha value is -0.130. The molecule has 0 aromatic rings. The van der Waals surface area contributed by atoms with Gasteiger partial charge in [-0.05, 0) is 51.9 Å². The first kappa shape index (κ1) is 14.9. The largest absolute Gasteiger partial charge is 0.376 e. The third kappa shape index (κ3) is 5.84. The lowest BCUT2D eigenvalue weighted by Gasteiger charge is -2.35. The monoisotopic (exact) mass is 264 g/mol. The van der Waals surface area contributed by atoms with E-state index in [1.165, 1.54) is 7.11 Å². The molecule has 4 nitrogen and oxygen atoms in total. The summed E-state index contributed by atoms with van der Waals surface area (Å²) in [5, 5.41) is 0. The van der Waals surface area contributed by atoms with Crippen LogP contribution in [0.4, 0.5) is 0 Å². The minimum Gasteiger partial charge on any atom is -0.376 e. The normalized spacial score (nSPS) is 25.6. The third-order valence-electron chi connectivity index (χ3n) is 3.09. The molecule has 1 rings (SSSR count). The fraction of sp³-hybridized carbons (Fsp3) is 1.00. The van der Waals surface area contributed by atoms with Crippen LogP contribution in [0.2, 0.25) is 0 Å². The fourth-order valence-electron chi connectivity index (χ4n) is 2.13. The summed E-state index contributed by atoms with van der Waals surface area (Å²) in [7, 11) is -2.05. The van der Waals surface area contributed by atoms with Gasteiger partial charge in [-0.3, -0.25) is 4.18 Å². The highest BCUT2D eigenvalue weighted by atomic mass is 32.2. The SMILES string of the molecule is COS(=O)(=O)CC1CC(CCOC(C)(C)C)C1. The van der Waals surface area contributed by atoms with Crippen molar-refractivity contribution in [2.75, 3.05) is 19.5 Å². The summed E-state index contributed by atoms with van der Waals surface area (Å²) in [5.41, 5.74) is -0.0808. The molecule has 0 heterocycles. The molecular formula is C12H24O4S. The summed E-state index contributed by atoms with van der Waals surface area (Å²) in [6.45, 7) is 6.89. The van der Waals surface area contributed by atoms with Gasteiger partial charge in [0.15, 0.2) is 0 Å². The zero-order valence-corrected chi connectivity index (χ0v) is 12.0. The van der Waals surface area contributed by atoms with E-state index in [9.17, 15) is 8.42 Å². The maximum atomic E-state index is 11.2. The van der Waals surface area contributed by atoms with Crippen LogP contribution >= 0.6 is 0 Å². The summed E-state index contributed by atoms with van der Waals surface area (Å²) in [6.07, 6.45) is 2.99. The van der Waals surface area contributed by atoms with E-state index in [0.717, 1.165) is 25.9 Å². The molecule has 1 aliphatic carbocycles. The van der Waals surface area contributed by atoms with Crippen LogP contribution in [0.15, 0.2) is 0 Å². The molecular weight excluding hydrogens is 240 g/mol. The second-order valence-electron chi connectivity index (χ2n) is 5.84. The molecule has 0 aromatic heterocycles. The first-order valence-electron chi connectivity index (χ1n) is 6.14. The van der Waals surface area contributed by atoms with Crippen LogP contribution < -0.4 is 0 Å². The molecule has 1 fully saturated rings. The number of hydrogen-bond acceptors (Lipinski definition) is 4. The molecule has 0 saturated heterocycles. The van der Waals surface area contributed by atoms with Crippen molar-refractivity contribution in [1.82, 2.24) is 0 Å². The van der Waals surface area contributed by atoms with E-state index in [2.05, 4.69) is 4.18 Å². The molecule has 0 amide bonds. The molecule has 0 bridgehead atoms. The molecule has 0 unspecified atom stereocenters. The molecule has 0 radical (unpaired) electrons. The van der Waals surface area contributed by atoms with Gasteiger partial charge in [-0.1, -0.05) is 0 Å². The van der Waals surface area contributed by atoms with Crippen molar-refractivity contribution >= 4 is 10.1 Å². The zero-order valence-electron chi connectivity index (χ0n) is 11.2. The topological polar surface area (TPSA) is 52.6 Å². The van der Waals surface area contributed by atoms with Gasteiger partial charge in [-0.25, -0.2) is 0 Å². The standard InChI is InChI=1S/C12H24O4S/c1-12(2,3)16-6-5-10-7-11(8-10)9-17(13,14)15-4/h10-11H,5-9H2,1-4H3. The molecule has 1 saturated carbocycles. The summed E-state index contributed by atoms with van der Waals surface area (Å²) in [4.78, 5) is 0. The van der Waals surface area contributed by atoms with E-state index < -0.39 is 10.1 Å². The van der Waals surface area contributed by atoms with Crippen molar-refractivity contribution in [2.24, 2.45) is 11.8 Å². The molecule has 5 heteroatoms. The van der Waals surface area contributed by atoms with E-state index in [0.29, 0.717) is 5.92 Å². The van der Waals surface area contributed by atoms with Crippen molar-refractivity contribution in [1.29, 1.82) is 0 Å². The Kier molecular flexibility index (Phi) is 4.98. The highest BCUT2D eigenvalue weighted by Gasteiger charge is 2.32. The van der Waals surface area contributed by atoms with Gasteiger partial charge in [-0.15, -0.1) is 0 Å².